The first-order valence-electron chi connectivity index (χ1n) is 6.63. The highest BCUT2D eigenvalue weighted by molar-refractivity contribution is 7.86. The van der Waals surface area contributed by atoms with Crippen molar-refractivity contribution in [3.63, 3.8) is 0 Å². The van der Waals surface area contributed by atoms with Crippen LogP contribution in [-0.4, -0.2) is 19.4 Å². The number of nitro groups is 1. The molecule has 1 aromatic carbocycles. The Kier molecular flexibility index (Phi) is 3.25. The van der Waals surface area contributed by atoms with Gasteiger partial charge in [0.25, 0.3) is 15.8 Å². The summed E-state index contributed by atoms with van der Waals surface area (Å²) in [7, 11) is -3.83. The maximum Gasteiger partial charge on any atom is 0.297 e. The second-order valence-electron chi connectivity index (χ2n) is 5.51. The number of nitro benzene ring substituents is 1. The fourth-order valence-corrected chi connectivity index (χ4v) is 4.40. The van der Waals surface area contributed by atoms with Crippen molar-refractivity contribution in [1.29, 1.82) is 0 Å². The Morgan fingerprint density at radius 1 is 1.15 bits per heavy atom. The summed E-state index contributed by atoms with van der Waals surface area (Å²) in [6, 6.07) is 4.80. The summed E-state index contributed by atoms with van der Waals surface area (Å²) in [5, 5.41) is 10.6. The molecular weight excluding hydrogens is 282 g/mol. The highest BCUT2D eigenvalue weighted by Gasteiger charge is 2.42. The van der Waals surface area contributed by atoms with Crippen LogP contribution in [0.4, 0.5) is 5.69 Å². The molecule has 2 fully saturated rings. The molecule has 0 N–H and O–H groups in total. The fourth-order valence-electron chi connectivity index (χ4n) is 3.26. The van der Waals surface area contributed by atoms with Gasteiger partial charge in [-0.15, -0.1) is 0 Å². The molecule has 1 aromatic rings. The molecule has 20 heavy (non-hydrogen) atoms. The van der Waals surface area contributed by atoms with Crippen molar-refractivity contribution >= 4 is 15.8 Å². The predicted molar refractivity (Wildman–Crippen MR) is 70.6 cm³/mol. The Hall–Kier alpha value is -1.47. The second kappa shape index (κ2) is 4.82. The molecule has 0 aliphatic heterocycles. The van der Waals surface area contributed by atoms with Gasteiger partial charge in [-0.3, -0.25) is 14.3 Å². The molecule has 0 unspecified atom stereocenters. The molecule has 3 atom stereocenters. The van der Waals surface area contributed by atoms with Crippen LogP contribution in [0.3, 0.4) is 0 Å². The lowest BCUT2D eigenvalue weighted by molar-refractivity contribution is -0.384. The largest absolute Gasteiger partial charge is 0.297 e. The van der Waals surface area contributed by atoms with Crippen LogP contribution in [-0.2, 0) is 14.3 Å². The number of rotatable bonds is 4. The maximum atomic E-state index is 12.2. The first kappa shape index (κ1) is 13.5. The van der Waals surface area contributed by atoms with Gasteiger partial charge in [0.1, 0.15) is 0 Å². The zero-order valence-corrected chi connectivity index (χ0v) is 11.6. The van der Waals surface area contributed by atoms with E-state index in [1.165, 1.54) is 30.7 Å². The van der Waals surface area contributed by atoms with E-state index in [2.05, 4.69) is 0 Å². The monoisotopic (exact) mass is 297 g/mol. The van der Waals surface area contributed by atoms with Crippen LogP contribution in [0, 0.1) is 22.0 Å². The number of fused-ring (bicyclic) bond motifs is 2. The molecule has 0 saturated heterocycles. The van der Waals surface area contributed by atoms with E-state index in [0.717, 1.165) is 19.3 Å². The third-order valence-corrected chi connectivity index (χ3v) is 5.61. The zero-order valence-electron chi connectivity index (χ0n) is 10.8. The van der Waals surface area contributed by atoms with Crippen molar-refractivity contribution in [2.24, 2.45) is 11.8 Å². The highest BCUT2D eigenvalue weighted by atomic mass is 32.2. The van der Waals surface area contributed by atoms with Crippen LogP contribution < -0.4 is 0 Å². The molecule has 3 rings (SSSR count). The summed E-state index contributed by atoms with van der Waals surface area (Å²) in [5.41, 5.74) is -0.135. The van der Waals surface area contributed by atoms with E-state index >= 15 is 0 Å². The molecule has 0 spiro atoms. The normalized spacial score (nSPS) is 28.7. The van der Waals surface area contributed by atoms with E-state index in [1.54, 1.807) is 0 Å². The molecule has 2 aliphatic carbocycles. The predicted octanol–water partition coefficient (Wildman–Crippen LogP) is 2.49. The Morgan fingerprint density at radius 2 is 1.85 bits per heavy atom. The van der Waals surface area contributed by atoms with Crippen molar-refractivity contribution in [1.82, 2.24) is 0 Å². The minimum atomic E-state index is -3.83. The minimum absolute atomic E-state index is 0.0223. The molecule has 2 saturated carbocycles. The average Bonchev–Trinajstić information content (AvgIpc) is 3.00. The second-order valence-corrected chi connectivity index (χ2v) is 7.09. The first-order chi connectivity index (χ1) is 9.45. The highest BCUT2D eigenvalue weighted by Crippen LogP contribution is 2.46. The lowest BCUT2D eigenvalue weighted by Gasteiger charge is -2.21. The van der Waals surface area contributed by atoms with Crippen molar-refractivity contribution in [3.8, 4) is 0 Å². The van der Waals surface area contributed by atoms with Crippen molar-refractivity contribution in [2.75, 3.05) is 0 Å². The Labute approximate surface area is 117 Å². The van der Waals surface area contributed by atoms with E-state index < -0.39 is 15.0 Å². The van der Waals surface area contributed by atoms with Gasteiger partial charge in [-0.1, -0.05) is 0 Å². The molecule has 0 radical (unpaired) electrons. The third-order valence-electron chi connectivity index (χ3n) is 4.26. The SMILES string of the molecule is O=[N+]([O-])c1ccc(S(=O)(=O)O[C@@H]2C[C@@H]3CC[C@H]2C3)cc1. The van der Waals surface area contributed by atoms with Crippen molar-refractivity contribution in [2.45, 2.75) is 36.7 Å². The first-order valence-corrected chi connectivity index (χ1v) is 8.04. The summed E-state index contributed by atoms with van der Waals surface area (Å²) in [6.45, 7) is 0. The topological polar surface area (TPSA) is 86.5 Å². The van der Waals surface area contributed by atoms with Gasteiger partial charge in [0.2, 0.25) is 0 Å². The lowest BCUT2D eigenvalue weighted by atomic mass is 9.98. The summed E-state index contributed by atoms with van der Waals surface area (Å²) in [6.07, 6.45) is 3.83. The molecular formula is C13H15NO5S. The van der Waals surface area contributed by atoms with Gasteiger partial charge in [0, 0.05) is 12.1 Å². The summed E-state index contributed by atoms with van der Waals surface area (Å²) in [5.74, 6) is 0.935. The van der Waals surface area contributed by atoms with E-state index in [1.807, 2.05) is 0 Å². The van der Waals surface area contributed by atoms with E-state index in [-0.39, 0.29) is 16.7 Å². The van der Waals surface area contributed by atoms with E-state index in [4.69, 9.17) is 4.18 Å². The van der Waals surface area contributed by atoms with Gasteiger partial charge in [-0.25, -0.2) is 0 Å². The Balaban J connectivity index is 1.76. The summed E-state index contributed by atoms with van der Waals surface area (Å²) < 4.78 is 29.6. The number of hydrogen-bond donors (Lipinski definition) is 0. The molecule has 108 valence electrons. The van der Waals surface area contributed by atoms with Gasteiger partial charge < -0.3 is 0 Å². The quantitative estimate of drug-likeness (QED) is 0.484. The number of hydrogen-bond acceptors (Lipinski definition) is 5. The molecule has 2 aliphatic rings. The van der Waals surface area contributed by atoms with Gasteiger partial charge in [-0.05, 0) is 49.7 Å². The Morgan fingerprint density at radius 3 is 2.35 bits per heavy atom. The van der Waals surface area contributed by atoms with Crippen LogP contribution in [0.15, 0.2) is 29.2 Å². The van der Waals surface area contributed by atoms with Crippen molar-refractivity contribution in [3.05, 3.63) is 34.4 Å². The maximum absolute atomic E-state index is 12.2. The third kappa shape index (κ3) is 2.43. The molecule has 6 nitrogen and oxygen atoms in total. The fraction of sp³-hybridized carbons (Fsp3) is 0.538. The van der Waals surface area contributed by atoms with E-state index in [0.29, 0.717) is 11.8 Å². The minimum Gasteiger partial charge on any atom is -0.263 e. The molecule has 0 aromatic heterocycles. The van der Waals surface area contributed by atoms with Crippen LogP contribution in [0.25, 0.3) is 0 Å². The molecule has 7 heteroatoms. The smallest absolute Gasteiger partial charge is 0.263 e. The average molecular weight is 297 g/mol. The van der Waals surface area contributed by atoms with Gasteiger partial charge in [0.05, 0.1) is 15.9 Å². The molecule has 0 amide bonds. The van der Waals surface area contributed by atoms with Crippen LogP contribution in [0.1, 0.15) is 25.7 Å². The Bertz CT molecular complexity index is 625. The van der Waals surface area contributed by atoms with Gasteiger partial charge in [-0.2, -0.15) is 8.42 Å². The lowest BCUT2D eigenvalue weighted by Crippen LogP contribution is -2.24. The van der Waals surface area contributed by atoms with Gasteiger partial charge >= 0.3 is 0 Å². The number of benzene rings is 1. The summed E-state index contributed by atoms with van der Waals surface area (Å²) in [4.78, 5) is 9.97. The van der Waals surface area contributed by atoms with E-state index in [9.17, 15) is 18.5 Å². The van der Waals surface area contributed by atoms with Crippen LogP contribution >= 0.6 is 0 Å². The summed E-state index contributed by atoms with van der Waals surface area (Å²) >= 11 is 0. The van der Waals surface area contributed by atoms with Gasteiger partial charge in [0.15, 0.2) is 0 Å². The molecule has 0 heterocycles. The number of non-ortho nitro benzene ring substituents is 1. The van der Waals surface area contributed by atoms with Crippen LogP contribution in [0.5, 0.6) is 0 Å². The number of nitrogens with zero attached hydrogens (tertiary/aromatic N) is 1. The molecule has 2 bridgehead atoms. The zero-order chi connectivity index (χ0) is 14.3. The standard InChI is InChI=1S/C13H15NO5S/c15-14(16)11-3-5-12(6-4-11)20(17,18)19-13-8-9-1-2-10(13)7-9/h3-6,9-10,13H,1-2,7-8H2/t9-,10+,13-/m1/s1. The van der Waals surface area contributed by atoms with Crippen molar-refractivity contribution < 1.29 is 17.5 Å². The van der Waals surface area contributed by atoms with Crippen LogP contribution in [0.2, 0.25) is 0 Å².